The molecule has 0 aliphatic heterocycles. The maximum atomic E-state index is 13.8. The number of hydrogen-bond donors (Lipinski definition) is 0. The van der Waals surface area contributed by atoms with Gasteiger partial charge in [0.15, 0.2) is 0 Å². The Morgan fingerprint density at radius 2 is 1.07 bits per heavy atom. The van der Waals surface area contributed by atoms with E-state index >= 15 is 0 Å². The van der Waals surface area contributed by atoms with Crippen LogP contribution in [0.5, 0.6) is 0 Å². The van der Waals surface area contributed by atoms with E-state index in [1.54, 1.807) is 28.6 Å². The number of benzene rings is 1. The van der Waals surface area contributed by atoms with Crippen molar-refractivity contribution < 1.29 is 17.9 Å². The second-order valence-electron chi connectivity index (χ2n) is 11.1. The van der Waals surface area contributed by atoms with E-state index in [-0.39, 0.29) is 11.2 Å². The van der Waals surface area contributed by atoms with Gasteiger partial charge in [-0.2, -0.15) is 4.31 Å². The number of sulfonamides is 1. The highest BCUT2D eigenvalue weighted by Gasteiger charge is 2.46. The van der Waals surface area contributed by atoms with Gasteiger partial charge in [0.1, 0.15) is 0 Å². The molecule has 0 amide bonds. The van der Waals surface area contributed by atoms with Crippen molar-refractivity contribution >= 4 is 10.0 Å². The average Bonchev–Trinajstić information content (AvgIpc) is 2.51. The number of rotatable bonds is 10. The van der Waals surface area contributed by atoms with E-state index in [0.717, 1.165) is 0 Å². The van der Waals surface area contributed by atoms with Crippen LogP contribution in [0.1, 0.15) is 82.1 Å². The predicted molar refractivity (Wildman–Crippen MR) is 124 cm³/mol. The van der Waals surface area contributed by atoms with Crippen molar-refractivity contribution in [3.8, 4) is 0 Å². The Bertz CT molecular complexity index is 725. The van der Waals surface area contributed by atoms with Gasteiger partial charge in [-0.3, -0.25) is 0 Å². The molecule has 0 fully saturated rings. The molecule has 0 unspecified atom stereocenters. The molecule has 0 aromatic heterocycles. The Kier molecular flexibility index (Phi) is 8.74. The maximum absolute atomic E-state index is 13.8. The van der Waals surface area contributed by atoms with E-state index < -0.39 is 21.1 Å². The second-order valence-corrected chi connectivity index (χ2v) is 12.9. The zero-order chi connectivity index (χ0) is 23.4. The van der Waals surface area contributed by atoms with Crippen LogP contribution in [0, 0.1) is 0 Å². The summed E-state index contributed by atoms with van der Waals surface area (Å²) in [5.41, 5.74) is -1.83. The highest BCUT2D eigenvalue weighted by molar-refractivity contribution is 7.89. The van der Waals surface area contributed by atoms with Gasteiger partial charge in [0.25, 0.3) is 0 Å². The van der Waals surface area contributed by atoms with Crippen molar-refractivity contribution in [2.24, 2.45) is 0 Å². The Labute approximate surface area is 185 Å². The minimum Gasteiger partial charge on any atom is -0.376 e. The topological polar surface area (TPSA) is 55.8 Å². The molecule has 0 radical (unpaired) electrons. The Morgan fingerprint density at radius 3 is 1.40 bits per heavy atom. The van der Waals surface area contributed by atoms with Crippen molar-refractivity contribution in [1.82, 2.24) is 4.31 Å². The maximum Gasteiger partial charge on any atom is 0.244 e. The van der Waals surface area contributed by atoms with Crippen LogP contribution in [-0.2, 0) is 19.5 Å². The smallest absolute Gasteiger partial charge is 0.244 e. The molecule has 6 heteroatoms. The number of hydrogen-bond acceptors (Lipinski definition) is 4. The summed E-state index contributed by atoms with van der Waals surface area (Å²) in [4.78, 5) is 0.305. The van der Waals surface area contributed by atoms with Crippen LogP contribution in [0.25, 0.3) is 0 Å². The van der Waals surface area contributed by atoms with Crippen molar-refractivity contribution in [3.05, 3.63) is 30.3 Å². The van der Waals surface area contributed by atoms with Crippen molar-refractivity contribution in [1.29, 1.82) is 0 Å². The minimum atomic E-state index is -3.73. The first kappa shape index (κ1) is 27.1. The van der Waals surface area contributed by atoms with Crippen molar-refractivity contribution in [3.63, 3.8) is 0 Å². The van der Waals surface area contributed by atoms with Crippen LogP contribution in [0.4, 0.5) is 0 Å². The summed E-state index contributed by atoms with van der Waals surface area (Å²) < 4.78 is 41.1. The first-order chi connectivity index (χ1) is 13.4. The quantitative estimate of drug-likeness (QED) is 0.471. The Hall–Kier alpha value is -0.950. The summed E-state index contributed by atoms with van der Waals surface area (Å²) in [6, 6.07) is 8.67. The molecule has 0 aliphatic rings. The van der Waals surface area contributed by atoms with E-state index in [9.17, 15) is 8.42 Å². The molecule has 1 aromatic rings. The molecule has 0 saturated heterocycles. The molecule has 30 heavy (non-hydrogen) atoms. The SMILES string of the molecule is CC(C)(C)OCCC(C)(C)N(C(C)(C)CCOC(C)(C)C)S(=O)(=O)c1ccccc1. The normalized spacial score (nSPS) is 14.4. The summed E-state index contributed by atoms with van der Waals surface area (Å²) in [5.74, 6) is 0. The highest BCUT2D eigenvalue weighted by Crippen LogP contribution is 2.37. The van der Waals surface area contributed by atoms with Crippen LogP contribution < -0.4 is 0 Å². The summed E-state index contributed by atoms with van der Waals surface area (Å²) in [7, 11) is -3.73. The minimum absolute atomic E-state index is 0.269. The number of ether oxygens (including phenoxy) is 2. The van der Waals surface area contributed by atoms with Crippen LogP contribution in [0.3, 0.4) is 0 Å². The van der Waals surface area contributed by atoms with E-state index in [4.69, 9.17) is 9.47 Å². The van der Waals surface area contributed by atoms with E-state index in [1.165, 1.54) is 0 Å². The van der Waals surface area contributed by atoms with Crippen molar-refractivity contribution in [2.75, 3.05) is 13.2 Å². The first-order valence-corrected chi connectivity index (χ1v) is 12.2. The molecule has 0 bridgehead atoms. The third-order valence-electron chi connectivity index (χ3n) is 4.88. The highest BCUT2D eigenvalue weighted by atomic mass is 32.2. The lowest BCUT2D eigenvalue weighted by Gasteiger charge is -2.47. The fraction of sp³-hybridized carbons (Fsp3) is 0.750. The first-order valence-electron chi connectivity index (χ1n) is 10.8. The largest absolute Gasteiger partial charge is 0.376 e. The number of nitrogens with zero attached hydrogens (tertiary/aromatic N) is 1. The zero-order valence-corrected chi connectivity index (χ0v) is 21.5. The van der Waals surface area contributed by atoms with E-state index in [0.29, 0.717) is 31.0 Å². The van der Waals surface area contributed by atoms with Crippen molar-refractivity contribution in [2.45, 2.75) is 109 Å². The summed E-state index contributed by atoms with van der Waals surface area (Å²) in [6.07, 6.45) is 1.17. The lowest BCUT2D eigenvalue weighted by atomic mass is 9.92. The predicted octanol–water partition coefficient (Wildman–Crippen LogP) is 5.64. The Balaban J connectivity index is 3.27. The molecular weight excluding hydrogens is 398 g/mol. The second kappa shape index (κ2) is 9.68. The van der Waals surface area contributed by atoms with Gasteiger partial charge >= 0.3 is 0 Å². The van der Waals surface area contributed by atoms with Gasteiger partial charge in [-0.25, -0.2) is 8.42 Å². The molecule has 0 spiro atoms. The average molecular weight is 442 g/mol. The molecule has 0 atom stereocenters. The third-order valence-corrected chi connectivity index (χ3v) is 7.22. The molecule has 0 N–H and O–H groups in total. The fourth-order valence-electron chi connectivity index (χ4n) is 3.58. The molecule has 0 heterocycles. The van der Waals surface area contributed by atoms with Gasteiger partial charge in [-0.15, -0.1) is 0 Å². The summed E-state index contributed by atoms with van der Waals surface area (Å²) in [5, 5.41) is 0. The van der Waals surface area contributed by atoms with Gasteiger partial charge in [0.05, 0.1) is 16.1 Å². The summed E-state index contributed by atoms with van der Waals surface area (Å²) in [6.45, 7) is 20.9. The monoisotopic (exact) mass is 441 g/mol. The van der Waals surface area contributed by atoms with Gasteiger partial charge in [-0.1, -0.05) is 18.2 Å². The lowest BCUT2D eigenvalue weighted by molar-refractivity contribution is -0.0361. The zero-order valence-electron chi connectivity index (χ0n) is 20.7. The molecular formula is C24H43NO4S. The standard InChI is InChI=1S/C24H43NO4S/c1-21(2,3)28-18-16-23(7,8)25(24(9,10)17-19-29-22(4,5)6)30(26,27)20-14-12-11-13-15-20/h11-15H,16-19H2,1-10H3. The Morgan fingerprint density at radius 1 is 0.700 bits per heavy atom. The van der Waals surface area contributed by atoms with Gasteiger partial charge in [0.2, 0.25) is 10.0 Å². The van der Waals surface area contributed by atoms with Crippen LogP contribution in [-0.4, -0.2) is 48.2 Å². The van der Waals surface area contributed by atoms with E-state index in [1.807, 2.05) is 75.3 Å². The summed E-state index contributed by atoms with van der Waals surface area (Å²) >= 11 is 0. The van der Waals surface area contributed by atoms with Crippen LogP contribution in [0.2, 0.25) is 0 Å². The fourth-order valence-corrected chi connectivity index (χ4v) is 5.78. The van der Waals surface area contributed by atoms with Gasteiger partial charge in [-0.05, 0) is 94.2 Å². The van der Waals surface area contributed by atoms with Gasteiger partial charge < -0.3 is 9.47 Å². The molecule has 1 rings (SSSR count). The van der Waals surface area contributed by atoms with Crippen LogP contribution >= 0.6 is 0 Å². The molecule has 0 aliphatic carbocycles. The van der Waals surface area contributed by atoms with Crippen LogP contribution in [0.15, 0.2) is 35.2 Å². The molecule has 1 aromatic carbocycles. The van der Waals surface area contributed by atoms with Gasteiger partial charge in [0, 0.05) is 24.3 Å². The molecule has 5 nitrogen and oxygen atoms in total. The molecule has 174 valence electrons. The third kappa shape index (κ3) is 8.29. The lowest BCUT2D eigenvalue weighted by Crippen LogP contribution is -2.59. The molecule has 0 saturated carbocycles. The van der Waals surface area contributed by atoms with E-state index in [2.05, 4.69) is 0 Å².